The lowest BCUT2D eigenvalue weighted by atomic mass is 10.2. The van der Waals surface area contributed by atoms with Crippen LogP contribution < -0.4 is 5.32 Å². The normalized spacial score (nSPS) is 19.9. The van der Waals surface area contributed by atoms with Crippen LogP contribution in [-0.2, 0) is 9.53 Å². The number of halogens is 1. The van der Waals surface area contributed by atoms with Gasteiger partial charge >= 0.3 is 0 Å². The van der Waals surface area contributed by atoms with E-state index in [4.69, 9.17) is 21.4 Å². The highest BCUT2D eigenvalue weighted by Gasteiger charge is 2.21. The van der Waals surface area contributed by atoms with Crippen LogP contribution >= 0.6 is 11.6 Å². The zero-order chi connectivity index (χ0) is 14.5. The molecule has 2 N–H and O–H groups in total. The lowest BCUT2D eigenvalue weighted by Gasteiger charge is -2.31. The fourth-order valence-corrected chi connectivity index (χ4v) is 2.34. The molecular formula is C14H19ClN2O3. The number of aliphatic hydroxyl groups is 1. The first-order chi connectivity index (χ1) is 9.60. The first kappa shape index (κ1) is 15.3. The molecule has 0 aromatic heterocycles. The van der Waals surface area contributed by atoms with Gasteiger partial charge in [0.05, 0.1) is 25.9 Å². The summed E-state index contributed by atoms with van der Waals surface area (Å²) in [4.78, 5) is 14.0. The lowest BCUT2D eigenvalue weighted by Crippen LogP contribution is -2.46. The summed E-state index contributed by atoms with van der Waals surface area (Å²) < 4.78 is 5.35. The highest BCUT2D eigenvalue weighted by atomic mass is 35.5. The highest BCUT2D eigenvalue weighted by molar-refractivity contribution is 6.31. The first-order valence-electron chi connectivity index (χ1n) is 6.60. The van der Waals surface area contributed by atoms with Gasteiger partial charge in [-0.1, -0.05) is 17.7 Å². The van der Waals surface area contributed by atoms with Crippen LogP contribution in [0, 0.1) is 6.92 Å². The summed E-state index contributed by atoms with van der Waals surface area (Å²) in [5, 5.41) is 12.6. The number of nitrogens with zero attached hydrogens (tertiary/aromatic N) is 1. The third-order valence-corrected chi connectivity index (χ3v) is 3.74. The van der Waals surface area contributed by atoms with Gasteiger partial charge in [0, 0.05) is 23.8 Å². The molecule has 1 aromatic carbocycles. The Morgan fingerprint density at radius 2 is 2.40 bits per heavy atom. The number of rotatable bonds is 4. The smallest absolute Gasteiger partial charge is 0.238 e. The van der Waals surface area contributed by atoms with E-state index in [0.717, 1.165) is 11.3 Å². The standard InChI is InChI=1S/C14H19ClN2O3/c1-10-12(15)3-2-4-13(10)16-14(19)8-17-5-6-20-11(7-17)9-18/h2-4,11,18H,5-9H2,1H3,(H,16,19). The van der Waals surface area contributed by atoms with Crippen LogP contribution in [-0.4, -0.2) is 54.9 Å². The van der Waals surface area contributed by atoms with Crippen LogP contribution in [0.4, 0.5) is 5.69 Å². The minimum Gasteiger partial charge on any atom is -0.394 e. The van der Waals surface area contributed by atoms with Crippen LogP contribution in [0.15, 0.2) is 18.2 Å². The topological polar surface area (TPSA) is 61.8 Å². The molecule has 6 heteroatoms. The molecule has 1 unspecified atom stereocenters. The number of benzene rings is 1. The van der Waals surface area contributed by atoms with E-state index in [1.807, 2.05) is 24.0 Å². The average molecular weight is 299 g/mol. The van der Waals surface area contributed by atoms with Crippen LogP contribution in [0.2, 0.25) is 5.02 Å². The Balaban J connectivity index is 1.90. The molecule has 1 amide bonds. The van der Waals surface area contributed by atoms with Crippen molar-refractivity contribution in [3.8, 4) is 0 Å². The van der Waals surface area contributed by atoms with E-state index in [-0.39, 0.29) is 25.2 Å². The fourth-order valence-electron chi connectivity index (χ4n) is 2.17. The van der Waals surface area contributed by atoms with Gasteiger partial charge in [-0.2, -0.15) is 0 Å². The summed E-state index contributed by atoms with van der Waals surface area (Å²) >= 11 is 6.02. The number of anilines is 1. The SMILES string of the molecule is Cc1c(Cl)cccc1NC(=O)CN1CCOC(CO)C1. The van der Waals surface area contributed by atoms with Gasteiger partial charge in [0.1, 0.15) is 0 Å². The Bertz CT molecular complexity index is 481. The molecule has 1 aromatic rings. The molecule has 1 aliphatic rings. The van der Waals surface area contributed by atoms with E-state index in [1.165, 1.54) is 0 Å². The monoisotopic (exact) mass is 298 g/mol. The second kappa shape index (κ2) is 7.04. The zero-order valence-electron chi connectivity index (χ0n) is 11.4. The van der Waals surface area contributed by atoms with Gasteiger partial charge in [-0.25, -0.2) is 0 Å². The average Bonchev–Trinajstić information content (AvgIpc) is 2.44. The molecule has 0 spiro atoms. The number of amides is 1. The maximum atomic E-state index is 12.0. The summed E-state index contributed by atoms with van der Waals surface area (Å²) in [5.41, 5.74) is 1.59. The second-order valence-electron chi connectivity index (χ2n) is 4.87. The maximum absolute atomic E-state index is 12.0. The van der Waals surface area contributed by atoms with Gasteiger partial charge in [0.2, 0.25) is 5.91 Å². The number of ether oxygens (including phenoxy) is 1. The van der Waals surface area contributed by atoms with Gasteiger partial charge < -0.3 is 15.2 Å². The maximum Gasteiger partial charge on any atom is 0.238 e. The quantitative estimate of drug-likeness (QED) is 0.879. The molecule has 1 fully saturated rings. The fraction of sp³-hybridized carbons (Fsp3) is 0.500. The Labute approximate surface area is 123 Å². The number of carbonyl (C=O) groups excluding carboxylic acids is 1. The van der Waals surface area contributed by atoms with Crippen molar-refractivity contribution in [2.45, 2.75) is 13.0 Å². The van der Waals surface area contributed by atoms with Crippen LogP contribution in [0.1, 0.15) is 5.56 Å². The molecule has 5 nitrogen and oxygen atoms in total. The predicted molar refractivity (Wildman–Crippen MR) is 78.1 cm³/mol. The third kappa shape index (κ3) is 3.93. The Hall–Kier alpha value is -1.14. The van der Waals surface area contributed by atoms with Crippen molar-refractivity contribution in [2.24, 2.45) is 0 Å². The van der Waals surface area contributed by atoms with Gasteiger partial charge in [0.15, 0.2) is 0 Å². The third-order valence-electron chi connectivity index (χ3n) is 3.34. The van der Waals surface area contributed by atoms with Crippen molar-refractivity contribution in [3.05, 3.63) is 28.8 Å². The van der Waals surface area contributed by atoms with Crippen molar-refractivity contribution in [1.82, 2.24) is 4.90 Å². The minimum atomic E-state index is -0.204. The van der Waals surface area contributed by atoms with E-state index in [1.54, 1.807) is 6.07 Å². The molecule has 0 aliphatic carbocycles. The largest absolute Gasteiger partial charge is 0.394 e. The number of aliphatic hydroxyl groups excluding tert-OH is 1. The number of carbonyl (C=O) groups is 1. The van der Waals surface area contributed by atoms with E-state index in [2.05, 4.69) is 5.32 Å². The second-order valence-corrected chi connectivity index (χ2v) is 5.28. The van der Waals surface area contributed by atoms with Crippen molar-refractivity contribution < 1.29 is 14.6 Å². The number of hydrogen-bond acceptors (Lipinski definition) is 4. The lowest BCUT2D eigenvalue weighted by molar-refractivity contribution is -0.120. The molecule has 1 heterocycles. The summed E-state index contributed by atoms with van der Waals surface area (Å²) in [5.74, 6) is -0.0889. The molecule has 0 radical (unpaired) electrons. The van der Waals surface area contributed by atoms with Crippen molar-refractivity contribution in [2.75, 3.05) is 38.2 Å². The summed E-state index contributed by atoms with van der Waals surface area (Å²) in [6.45, 7) is 3.93. The summed E-state index contributed by atoms with van der Waals surface area (Å²) in [6, 6.07) is 5.43. The summed E-state index contributed by atoms with van der Waals surface area (Å²) in [7, 11) is 0. The van der Waals surface area contributed by atoms with E-state index in [0.29, 0.717) is 24.7 Å². The van der Waals surface area contributed by atoms with Crippen LogP contribution in [0.25, 0.3) is 0 Å². The molecule has 0 bridgehead atoms. The van der Waals surface area contributed by atoms with Gasteiger partial charge in [0.25, 0.3) is 0 Å². The number of nitrogens with one attached hydrogen (secondary N) is 1. The van der Waals surface area contributed by atoms with Gasteiger partial charge in [-0.15, -0.1) is 0 Å². The molecule has 1 saturated heterocycles. The number of hydrogen-bond donors (Lipinski definition) is 2. The van der Waals surface area contributed by atoms with Gasteiger partial charge in [-0.3, -0.25) is 9.69 Å². The van der Waals surface area contributed by atoms with Crippen LogP contribution in [0.3, 0.4) is 0 Å². The molecule has 2 rings (SSSR count). The van der Waals surface area contributed by atoms with Crippen molar-refractivity contribution in [3.63, 3.8) is 0 Å². The molecular weight excluding hydrogens is 280 g/mol. The molecule has 1 aliphatic heterocycles. The van der Waals surface area contributed by atoms with Crippen LogP contribution in [0.5, 0.6) is 0 Å². The summed E-state index contributed by atoms with van der Waals surface area (Å²) in [6.07, 6.45) is -0.204. The molecule has 20 heavy (non-hydrogen) atoms. The predicted octanol–water partition coefficient (Wildman–Crippen LogP) is 1.28. The Kier molecular flexibility index (Phi) is 5.37. The van der Waals surface area contributed by atoms with Crippen molar-refractivity contribution >= 4 is 23.2 Å². The molecule has 1 atom stereocenters. The van der Waals surface area contributed by atoms with Gasteiger partial charge in [-0.05, 0) is 24.6 Å². The highest BCUT2D eigenvalue weighted by Crippen LogP contribution is 2.22. The van der Waals surface area contributed by atoms with E-state index >= 15 is 0 Å². The van der Waals surface area contributed by atoms with E-state index < -0.39 is 0 Å². The van der Waals surface area contributed by atoms with E-state index in [9.17, 15) is 4.79 Å². The Morgan fingerprint density at radius 1 is 1.60 bits per heavy atom. The zero-order valence-corrected chi connectivity index (χ0v) is 12.2. The Morgan fingerprint density at radius 3 is 3.15 bits per heavy atom. The molecule has 0 saturated carbocycles. The first-order valence-corrected chi connectivity index (χ1v) is 6.97. The number of morpholine rings is 1. The van der Waals surface area contributed by atoms with Crippen molar-refractivity contribution in [1.29, 1.82) is 0 Å². The minimum absolute atomic E-state index is 0.0223. The molecule has 110 valence electrons.